The van der Waals surface area contributed by atoms with Crippen LogP contribution in [0, 0.1) is 11.6 Å². The lowest BCUT2D eigenvalue weighted by Gasteiger charge is -2.10. The third kappa shape index (κ3) is 5.05. The fraction of sp³-hybridized carbons (Fsp3) is 0.538. The Morgan fingerprint density at radius 2 is 1.80 bits per heavy atom. The predicted octanol–water partition coefficient (Wildman–Crippen LogP) is 1.89. The summed E-state index contributed by atoms with van der Waals surface area (Å²) >= 11 is 0. The van der Waals surface area contributed by atoms with Gasteiger partial charge in [0.05, 0.1) is 11.5 Å². The smallest absolute Gasteiger partial charge is 0.190 e. The quantitative estimate of drug-likeness (QED) is 0.797. The summed E-state index contributed by atoms with van der Waals surface area (Å²) in [5.41, 5.74) is 0.452. The topological polar surface area (TPSA) is 55.4 Å². The molecule has 1 aromatic rings. The van der Waals surface area contributed by atoms with Crippen molar-refractivity contribution in [3.05, 3.63) is 29.3 Å². The molecule has 0 aliphatic rings. The SMILES string of the molecule is CCCS(=O)(=O)CCOc1c(F)cc(CNC)cc1F. The summed E-state index contributed by atoms with van der Waals surface area (Å²) in [5, 5.41) is 2.78. The van der Waals surface area contributed by atoms with Crippen LogP contribution in [0.15, 0.2) is 12.1 Å². The summed E-state index contributed by atoms with van der Waals surface area (Å²) in [6, 6.07) is 2.32. The fourth-order valence-corrected chi connectivity index (χ4v) is 2.90. The predicted molar refractivity (Wildman–Crippen MR) is 73.6 cm³/mol. The monoisotopic (exact) mass is 307 g/mol. The van der Waals surface area contributed by atoms with Crippen molar-refractivity contribution in [2.75, 3.05) is 25.2 Å². The van der Waals surface area contributed by atoms with E-state index in [-0.39, 0.29) is 18.1 Å². The highest BCUT2D eigenvalue weighted by Gasteiger charge is 2.15. The van der Waals surface area contributed by atoms with Crippen molar-refractivity contribution in [3.8, 4) is 5.75 Å². The second-order valence-corrected chi connectivity index (χ2v) is 6.72. The number of benzene rings is 1. The average molecular weight is 307 g/mol. The zero-order valence-electron chi connectivity index (χ0n) is 11.6. The van der Waals surface area contributed by atoms with Gasteiger partial charge in [0.15, 0.2) is 27.2 Å². The van der Waals surface area contributed by atoms with Gasteiger partial charge >= 0.3 is 0 Å². The highest BCUT2D eigenvalue weighted by atomic mass is 32.2. The summed E-state index contributed by atoms with van der Waals surface area (Å²) in [7, 11) is -1.56. The minimum atomic E-state index is -3.22. The van der Waals surface area contributed by atoms with Gasteiger partial charge in [0.25, 0.3) is 0 Å². The first-order valence-corrected chi connectivity index (χ1v) is 8.17. The van der Waals surface area contributed by atoms with E-state index in [1.807, 2.05) is 0 Å². The van der Waals surface area contributed by atoms with E-state index in [9.17, 15) is 17.2 Å². The van der Waals surface area contributed by atoms with Gasteiger partial charge in [-0.15, -0.1) is 0 Å². The number of hydrogen-bond acceptors (Lipinski definition) is 4. The van der Waals surface area contributed by atoms with Crippen molar-refractivity contribution in [1.82, 2.24) is 5.32 Å². The molecule has 0 saturated carbocycles. The first kappa shape index (κ1) is 16.8. The highest BCUT2D eigenvalue weighted by Crippen LogP contribution is 2.23. The van der Waals surface area contributed by atoms with Gasteiger partial charge in [0, 0.05) is 6.54 Å². The van der Waals surface area contributed by atoms with Gasteiger partial charge in [0.1, 0.15) is 6.61 Å². The Hall–Kier alpha value is -1.21. The summed E-state index contributed by atoms with van der Waals surface area (Å²) in [4.78, 5) is 0. The molecule has 0 aromatic heterocycles. The molecule has 0 amide bonds. The minimum absolute atomic E-state index is 0.0441. The molecule has 7 heteroatoms. The van der Waals surface area contributed by atoms with Gasteiger partial charge in [-0.05, 0) is 31.2 Å². The van der Waals surface area contributed by atoms with Crippen molar-refractivity contribution in [3.63, 3.8) is 0 Å². The van der Waals surface area contributed by atoms with Crippen LogP contribution in [0.2, 0.25) is 0 Å². The van der Waals surface area contributed by atoms with E-state index in [0.29, 0.717) is 18.5 Å². The molecule has 1 aromatic carbocycles. The number of sulfone groups is 1. The normalized spacial score (nSPS) is 11.6. The number of hydrogen-bond donors (Lipinski definition) is 1. The van der Waals surface area contributed by atoms with Gasteiger partial charge < -0.3 is 10.1 Å². The van der Waals surface area contributed by atoms with Crippen LogP contribution in [0.4, 0.5) is 8.78 Å². The lowest BCUT2D eigenvalue weighted by molar-refractivity contribution is 0.303. The molecule has 0 fully saturated rings. The summed E-state index contributed by atoms with van der Waals surface area (Å²) in [6.07, 6.45) is 0.504. The average Bonchev–Trinajstić information content (AvgIpc) is 2.33. The Kier molecular flexibility index (Phi) is 6.35. The first-order valence-electron chi connectivity index (χ1n) is 6.35. The van der Waals surface area contributed by atoms with Gasteiger partial charge in [-0.25, -0.2) is 17.2 Å². The number of halogens is 2. The van der Waals surface area contributed by atoms with Crippen molar-refractivity contribution in [1.29, 1.82) is 0 Å². The zero-order chi connectivity index (χ0) is 15.2. The van der Waals surface area contributed by atoms with Gasteiger partial charge in [0.2, 0.25) is 0 Å². The standard InChI is InChI=1S/C13H19F2NO3S/c1-3-5-20(17,18)6-4-19-13-11(14)7-10(9-16-2)8-12(13)15/h7-8,16H,3-6,9H2,1-2H3. The second kappa shape index (κ2) is 7.54. The molecular weight excluding hydrogens is 288 g/mol. The third-order valence-electron chi connectivity index (χ3n) is 2.59. The summed E-state index contributed by atoms with van der Waals surface area (Å²) in [6.45, 7) is 1.82. The largest absolute Gasteiger partial charge is 0.487 e. The molecule has 0 aliphatic heterocycles. The van der Waals surface area contributed by atoms with E-state index in [1.165, 1.54) is 0 Å². The number of nitrogens with one attached hydrogen (secondary N) is 1. The van der Waals surface area contributed by atoms with E-state index in [4.69, 9.17) is 4.74 Å². The maximum Gasteiger partial charge on any atom is 0.190 e. The highest BCUT2D eigenvalue weighted by molar-refractivity contribution is 7.91. The second-order valence-electron chi connectivity index (χ2n) is 4.42. The molecule has 0 spiro atoms. The Bertz CT molecular complexity index is 524. The molecule has 0 heterocycles. The molecule has 0 aliphatic carbocycles. The summed E-state index contributed by atoms with van der Waals surface area (Å²) < 4.78 is 55.2. The van der Waals surface area contributed by atoms with Crippen molar-refractivity contribution in [2.45, 2.75) is 19.9 Å². The van der Waals surface area contributed by atoms with Crippen LogP contribution >= 0.6 is 0 Å². The van der Waals surface area contributed by atoms with Crippen LogP contribution in [0.25, 0.3) is 0 Å². The van der Waals surface area contributed by atoms with Crippen LogP contribution in [-0.4, -0.2) is 33.6 Å². The van der Waals surface area contributed by atoms with E-state index in [2.05, 4.69) is 5.32 Å². The molecule has 0 unspecified atom stereocenters. The van der Waals surface area contributed by atoms with Gasteiger partial charge in [-0.1, -0.05) is 6.92 Å². The Morgan fingerprint density at radius 1 is 1.20 bits per heavy atom. The van der Waals surface area contributed by atoms with E-state index in [1.54, 1.807) is 14.0 Å². The van der Waals surface area contributed by atoms with E-state index in [0.717, 1.165) is 12.1 Å². The molecule has 0 saturated heterocycles. The maximum atomic E-state index is 13.7. The van der Waals surface area contributed by atoms with Crippen molar-refractivity contribution < 1.29 is 21.9 Å². The van der Waals surface area contributed by atoms with Crippen molar-refractivity contribution >= 4 is 9.84 Å². The molecule has 0 radical (unpaired) electrons. The summed E-state index contributed by atoms with van der Waals surface area (Å²) in [5.74, 6) is -2.40. The van der Waals surface area contributed by atoms with Crippen molar-refractivity contribution in [2.24, 2.45) is 0 Å². The van der Waals surface area contributed by atoms with Gasteiger partial charge in [-0.2, -0.15) is 0 Å². The third-order valence-corrected chi connectivity index (χ3v) is 4.41. The maximum absolute atomic E-state index is 13.7. The fourth-order valence-electron chi connectivity index (χ4n) is 1.74. The van der Waals surface area contributed by atoms with E-state index >= 15 is 0 Å². The van der Waals surface area contributed by atoms with Crippen LogP contribution in [-0.2, 0) is 16.4 Å². The number of ether oxygens (including phenoxy) is 1. The van der Waals surface area contributed by atoms with Crippen LogP contribution in [0.1, 0.15) is 18.9 Å². The molecule has 1 N–H and O–H groups in total. The Labute approximate surface area is 118 Å². The van der Waals surface area contributed by atoms with Crippen LogP contribution in [0.5, 0.6) is 5.75 Å². The lowest BCUT2D eigenvalue weighted by atomic mass is 10.2. The molecular formula is C13H19F2NO3S. The minimum Gasteiger partial charge on any atom is -0.487 e. The Balaban J connectivity index is 2.69. The lowest BCUT2D eigenvalue weighted by Crippen LogP contribution is -2.17. The Morgan fingerprint density at radius 3 is 2.30 bits per heavy atom. The van der Waals surface area contributed by atoms with E-state index < -0.39 is 27.2 Å². The molecule has 1 rings (SSSR count). The first-order chi connectivity index (χ1) is 9.39. The molecule has 0 atom stereocenters. The zero-order valence-corrected chi connectivity index (χ0v) is 12.4. The molecule has 0 bridgehead atoms. The molecule has 114 valence electrons. The molecule has 20 heavy (non-hydrogen) atoms. The van der Waals surface area contributed by atoms with Gasteiger partial charge in [-0.3, -0.25) is 0 Å². The number of rotatable bonds is 8. The van der Waals surface area contributed by atoms with Crippen LogP contribution in [0.3, 0.4) is 0 Å². The molecule has 4 nitrogen and oxygen atoms in total. The van der Waals surface area contributed by atoms with Crippen LogP contribution < -0.4 is 10.1 Å².